The monoisotopic (exact) mass is 692 g/mol. The zero-order chi connectivity index (χ0) is 29.8. The topological polar surface area (TPSA) is 91.9 Å². The molecule has 1 saturated heterocycles. The van der Waals surface area contributed by atoms with Crippen LogP contribution in [0.2, 0.25) is 10.0 Å². The molecule has 42 heavy (non-hydrogen) atoms. The first-order valence-corrected chi connectivity index (χ1v) is 15.9. The second-order valence-corrected chi connectivity index (χ2v) is 12.2. The molecule has 0 bridgehead atoms. The van der Waals surface area contributed by atoms with Gasteiger partial charge in [-0.1, -0.05) is 42.3 Å². The van der Waals surface area contributed by atoms with Gasteiger partial charge < -0.3 is 29.9 Å². The molecule has 1 fully saturated rings. The molecular formula is C29H31BrCl2N6O3S. The summed E-state index contributed by atoms with van der Waals surface area (Å²) in [5, 5.41) is 8.20. The Hall–Kier alpha value is -2.67. The molecule has 0 unspecified atom stereocenters. The number of piperazine rings is 1. The van der Waals surface area contributed by atoms with Crippen LogP contribution in [0.1, 0.15) is 22.8 Å². The second-order valence-electron chi connectivity index (χ2n) is 9.73. The van der Waals surface area contributed by atoms with Crippen molar-refractivity contribution >= 4 is 83.8 Å². The molecule has 0 radical (unpaired) electrons. The van der Waals surface area contributed by atoms with Crippen LogP contribution in [0.5, 0.6) is 11.5 Å². The Bertz CT molecular complexity index is 1550. The van der Waals surface area contributed by atoms with Crippen LogP contribution >= 0.6 is 50.5 Å². The fraction of sp³-hybridized carbons (Fsp3) is 0.345. The van der Waals surface area contributed by atoms with Crippen molar-refractivity contribution in [2.45, 2.75) is 13.3 Å². The van der Waals surface area contributed by atoms with Gasteiger partial charge in [-0.25, -0.2) is 9.97 Å². The maximum atomic E-state index is 13.4. The summed E-state index contributed by atoms with van der Waals surface area (Å²) in [6, 6.07) is 8.39. The molecule has 2 N–H and O–H groups in total. The predicted molar refractivity (Wildman–Crippen MR) is 175 cm³/mol. The fourth-order valence-electron chi connectivity index (χ4n) is 4.88. The zero-order valence-corrected chi connectivity index (χ0v) is 27.4. The van der Waals surface area contributed by atoms with Crippen LogP contribution in [0.4, 0.5) is 17.2 Å². The van der Waals surface area contributed by atoms with E-state index < -0.39 is 5.91 Å². The third-order valence-corrected chi connectivity index (χ3v) is 9.74. The number of amides is 1. The minimum Gasteiger partial charge on any atom is -0.494 e. The molecule has 0 atom stereocenters. The highest BCUT2D eigenvalue weighted by Gasteiger charge is 2.25. The Morgan fingerprint density at radius 2 is 1.67 bits per heavy atom. The number of carbonyl (C=O) groups is 1. The Balaban J connectivity index is 1.29. The van der Waals surface area contributed by atoms with E-state index in [2.05, 4.69) is 77.5 Å². The first-order valence-electron chi connectivity index (χ1n) is 13.5. The number of hydrogen-bond acceptors (Lipinski definition) is 9. The van der Waals surface area contributed by atoms with E-state index in [4.69, 9.17) is 32.7 Å². The number of halogens is 3. The largest absolute Gasteiger partial charge is 0.494 e. The molecule has 9 nitrogen and oxygen atoms in total. The number of aromatic nitrogens is 2. The van der Waals surface area contributed by atoms with Crippen molar-refractivity contribution in [1.82, 2.24) is 19.8 Å². The number of nitrogens with zero attached hydrogens (tertiary/aromatic N) is 4. The molecule has 0 saturated carbocycles. The van der Waals surface area contributed by atoms with Gasteiger partial charge in [0.1, 0.15) is 20.8 Å². The summed E-state index contributed by atoms with van der Waals surface area (Å²) in [4.78, 5) is 27.3. The molecule has 0 spiro atoms. The molecule has 3 heterocycles. The number of likely N-dealkylation sites (N-methyl/N-ethyl adjacent to an activating group) is 1. The van der Waals surface area contributed by atoms with Crippen molar-refractivity contribution in [3.05, 3.63) is 61.6 Å². The van der Waals surface area contributed by atoms with E-state index in [0.717, 1.165) is 56.1 Å². The highest BCUT2D eigenvalue weighted by molar-refractivity contribution is 9.10. The van der Waals surface area contributed by atoms with Crippen LogP contribution in [0.15, 0.2) is 40.4 Å². The lowest BCUT2D eigenvalue weighted by Crippen LogP contribution is -2.46. The van der Waals surface area contributed by atoms with Gasteiger partial charge in [-0.05, 0) is 46.6 Å². The number of nitrogens with one attached hydrogen (secondary N) is 2. The molecule has 2 aromatic carbocycles. The van der Waals surface area contributed by atoms with Gasteiger partial charge in [0.2, 0.25) is 0 Å². The number of hydrogen-bond donors (Lipinski definition) is 2. The lowest BCUT2D eigenvalue weighted by molar-refractivity contribution is 0.102. The van der Waals surface area contributed by atoms with Crippen LogP contribution in [0.25, 0.3) is 10.2 Å². The maximum absolute atomic E-state index is 13.4. The van der Waals surface area contributed by atoms with Crippen LogP contribution in [0, 0.1) is 0 Å². The summed E-state index contributed by atoms with van der Waals surface area (Å²) in [6.07, 6.45) is 2.45. The quantitative estimate of drug-likeness (QED) is 0.184. The fourth-order valence-corrected chi connectivity index (χ4v) is 7.44. The molecule has 4 aromatic rings. The number of fused-ring (bicyclic) bond motifs is 1. The Kier molecular flexibility index (Phi) is 10.1. The number of ether oxygens (including phenoxy) is 2. The first-order chi connectivity index (χ1) is 20.3. The van der Waals surface area contributed by atoms with Crippen molar-refractivity contribution in [3.8, 4) is 11.5 Å². The number of thiophene rings is 1. The molecule has 222 valence electrons. The first kappa shape index (κ1) is 30.8. The van der Waals surface area contributed by atoms with Gasteiger partial charge in [-0.2, -0.15) is 0 Å². The van der Waals surface area contributed by atoms with E-state index in [1.165, 1.54) is 37.4 Å². The van der Waals surface area contributed by atoms with Crippen molar-refractivity contribution < 1.29 is 14.3 Å². The van der Waals surface area contributed by atoms with Gasteiger partial charge in [-0.3, -0.25) is 4.79 Å². The summed E-state index contributed by atoms with van der Waals surface area (Å²) in [5.41, 5.74) is 3.25. The lowest BCUT2D eigenvalue weighted by atomic mass is 10.1. The highest BCUT2D eigenvalue weighted by Crippen LogP contribution is 2.50. The smallest absolute Gasteiger partial charge is 0.258 e. The third kappa shape index (κ3) is 6.46. The Morgan fingerprint density at radius 3 is 2.29 bits per heavy atom. The average Bonchev–Trinajstić information content (AvgIpc) is 3.45. The van der Waals surface area contributed by atoms with Gasteiger partial charge in [0.05, 0.1) is 35.7 Å². The summed E-state index contributed by atoms with van der Waals surface area (Å²) >= 11 is 17.8. The number of carbonyl (C=O) groups excluding carboxylic acids is 1. The van der Waals surface area contributed by atoms with E-state index in [-0.39, 0.29) is 27.2 Å². The predicted octanol–water partition coefficient (Wildman–Crippen LogP) is 6.95. The molecule has 0 aliphatic carbocycles. The summed E-state index contributed by atoms with van der Waals surface area (Å²) in [7, 11) is 2.93. The molecular weight excluding hydrogens is 663 g/mol. The van der Waals surface area contributed by atoms with E-state index in [0.29, 0.717) is 21.4 Å². The van der Waals surface area contributed by atoms with E-state index in [1.807, 2.05) is 0 Å². The van der Waals surface area contributed by atoms with Gasteiger partial charge in [0, 0.05) is 43.8 Å². The van der Waals surface area contributed by atoms with Crippen molar-refractivity contribution in [2.24, 2.45) is 0 Å². The standard InChI is InChI=1S/C29H31BrCl2N6O3S/c1-4-37-11-13-38(14-12-37)10-9-17-5-7-18(8-6-17)35-28-27-23(33-16-34-28)19(15-42-27)29(39)36-24-21(31)25(40-2)20(30)26(41-3)22(24)32/h5-8,15-16H,4,9-14H2,1-3H3,(H,36,39)(H,33,34,35). The van der Waals surface area contributed by atoms with Crippen LogP contribution < -0.4 is 20.1 Å². The second kappa shape index (κ2) is 13.7. The van der Waals surface area contributed by atoms with Gasteiger partial charge >= 0.3 is 0 Å². The van der Waals surface area contributed by atoms with Crippen LogP contribution in [0.3, 0.4) is 0 Å². The number of methoxy groups -OCH3 is 2. The number of benzene rings is 2. The Labute approximate surface area is 267 Å². The third-order valence-electron chi connectivity index (χ3n) is 7.33. The SMILES string of the molecule is CCN1CCN(CCc2ccc(Nc3ncnc4c(C(=O)Nc5c(Cl)c(OC)c(Br)c(OC)c5Cl)csc34)cc2)CC1. The van der Waals surface area contributed by atoms with Gasteiger partial charge in [-0.15, -0.1) is 11.3 Å². The van der Waals surface area contributed by atoms with Crippen LogP contribution in [-0.4, -0.2) is 79.2 Å². The normalized spacial score (nSPS) is 14.2. The average molecular weight is 694 g/mol. The minimum absolute atomic E-state index is 0.141. The minimum atomic E-state index is -0.429. The Morgan fingerprint density at radius 1 is 1.02 bits per heavy atom. The highest BCUT2D eigenvalue weighted by atomic mass is 79.9. The molecule has 5 rings (SSSR count). The summed E-state index contributed by atoms with van der Waals surface area (Å²) in [5.74, 6) is 0.770. The molecule has 2 aromatic heterocycles. The lowest BCUT2D eigenvalue weighted by Gasteiger charge is -2.34. The van der Waals surface area contributed by atoms with Gasteiger partial charge in [0.25, 0.3) is 5.91 Å². The van der Waals surface area contributed by atoms with E-state index in [1.54, 1.807) is 5.38 Å². The molecule has 1 amide bonds. The number of rotatable bonds is 10. The van der Waals surface area contributed by atoms with Crippen molar-refractivity contribution in [3.63, 3.8) is 0 Å². The zero-order valence-electron chi connectivity index (χ0n) is 23.5. The van der Waals surface area contributed by atoms with Crippen LogP contribution in [-0.2, 0) is 6.42 Å². The van der Waals surface area contributed by atoms with Crippen molar-refractivity contribution in [2.75, 3.05) is 64.1 Å². The van der Waals surface area contributed by atoms with E-state index in [9.17, 15) is 4.79 Å². The molecule has 1 aliphatic heterocycles. The van der Waals surface area contributed by atoms with Crippen molar-refractivity contribution in [1.29, 1.82) is 0 Å². The van der Waals surface area contributed by atoms with Gasteiger partial charge in [0.15, 0.2) is 17.3 Å². The molecule has 1 aliphatic rings. The molecule has 13 heteroatoms. The summed E-state index contributed by atoms with van der Waals surface area (Å²) < 4.78 is 12.0. The maximum Gasteiger partial charge on any atom is 0.258 e. The van der Waals surface area contributed by atoms with E-state index >= 15 is 0 Å². The number of anilines is 3. The summed E-state index contributed by atoms with van der Waals surface area (Å²) in [6.45, 7) is 8.96.